The van der Waals surface area contributed by atoms with Crippen LogP contribution in [0.4, 0.5) is 5.69 Å². The lowest BCUT2D eigenvalue weighted by molar-refractivity contribution is -0.141. The molecule has 0 spiro atoms. The summed E-state index contributed by atoms with van der Waals surface area (Å²) >= 11 is 0. The minimum absolute atomic E-state index is 0.0459. The van der Waals surface area contributed by atoms with Gasteiger partial charge in [-0.3, -0.25) is 13.9 Å². The Labute approximate surface area is 257 Å². The van der Waals surface area contributed by atoms with E-state index in [-0.39, 0.29) is 43.8 Å². The lowest BCUT2D eigenvalue weighted by atomic mass is 10.0. The summed E-state index contributed by atoms with van der Waals surface area (Å²) in [6.45, 7) is 8.53. The molecule has 0 fully saturated rings. The quantitative estimate of drug-likeness (QED) is 0.232. The zero-order valence-electron chi connectivity index (χ0n) is 26.0. The molecule has 0 aliphatic carbocycles. The Morgan fingerprint density at radius 2 is 1.60 bits per heavy atom. The second-order valence-corrected chi connectivity index (χ2v) is 12.8. The third-order valence-electron chi connectivity index (χ3n) is 7.29. The van der Waals surface area contributed by atoms with Gasteiger partial charge in [-0.15, -0.1) is 0 Å². The average molecular weight is 608 g/mol. The Morgan fingerprint density at radius 3 is 2.26 bits per heavy atom. The van der Waals surface area contributed by atoms with Crippen LogP contribution in [-0.2, 0) is 32.6 Å². The molecule has 2 unspecified atom stereocenters. The number of hydrogen-bond acceptors (Lipinski definition) is 5. The van der Waals surface area contributed by atoms with Gasteiger partial charge in [0.25, 0.3) is 0 Å². The van der Waals surface area contributed by atoms with Crippen molar-refractivity contribution in [2.75, 3.05) is 23.7 Å². The topological polar surface area (TPSA) is 96.0 Å². The summed E-state index contributed by atoms with van der Waals surface area (Å²) in [5.74, 6) is 0.0448. The molecule has 3 rings (SSSR count). The predicted octanol–water partition coefficient (Wildman–Crippen LogP) is 5.49. The van der Waals surface area contributed by atoms with Gasteiger partial charge >= 0.3 is 0 Å². The summed E-state index contributed by atoms with van der Waals surface area (Å²) in [7, 11) is -3.65. The zero-order chi connectivity index (χ0) is 31.4. The van der Waals surface area contributed by atoms with Crippen LogP contribution in [0.25, 0.3) is 0 Å². The molecule has 2 amide bonds. The van der Waals surface area contributed by atoms with Crippen molar-refractivity contribution >= 4 is 27.5 Å². The molecule has 0 aromatic heterocycles. The molecular weight excluding hydrogens is 562 g/mol. The molecule has 43 heavy (non-hydrogen) atoms. The summed E-state index contributed by atoms with van der Waals surface area (Å²) < 4.78 is 32.6. The molecule has 1 N–H and O–H groups in total. The minimum atomic E-state index is -3.65. The van der Waals surface area contributed by atoms with Gasteiger partial charge in [0.15, 0.2) is 0 Å². The molecule has 9 heteroatoms. The van der Waals surface area contributed by atoms with Crippen molar-refractivity contribution in [1.29, 1.82) is 0 Å². The average Bonchev–Trinajstić information content (AvgIpc) is 2.97. The fraction of sp³-hybridized carbons (Fsp3) is 0.412. The predicted molar refractivity (Wildman–Crippen MR) is 173 cm³/mol. The van der Waals surface area contributed by atoms with Crippen LogP contribution < -0.4 is 14.4 Å². The van der Waals surface area contributed by atoms with Crippen LogP contribution in [-0.4, -0.2) is 56.6 Å². The number of ether oxygens (including phenoxy) is 1. The number of benzene rings is 3. The fourth-order valence-corrected chi connectivity index (χ4v) is 5.89. The molecule has 0 aliphatic heterocycles. The van der Waals surface area contributed by atoms with Crippen molar-refractivity contribution < 1.29 is 22.7 Å². The van der Waals surface area contributed by atoms with Gasteiger partial charge in [0.2, 0.25) is 21.8 Å². The van der Waals surface area contributed by atoms with Crippen LogP contribution in [0.15, 0.2) is 78.9 Å². The number of hydrogen-bond donors (Lipinski definition) is 1. The van der Waals surface area contributed by atoms with Crippen molar-refractivity contribution in [3.8, 4) is 5.75 Å². The summed E-state index contributed by atoms with van der Waals surface area (Å²) in [5.41, 5.74) is 3.37. The van der Waals surface area contributed by atoms with E-state index in [0.717, 1.165) is 29.4 Å². The Hall–Kier alpha value is -3.85. The minimum Gasteiger partial charge on any atom is -0.492 e. The first-order valence-electron chi connectivity index (χ1n) is 14.9. The van der Waals surface area contributed by atoms with Crippen molar-refractivity contribution in [3.63, 3.8) is 0 Å². The van der Waals surface area contributed by atoms with Crippen LogP contribution in [0.1, 0.15) is 56.7 Å². The molecule has 2 atom stereocenters. The third kappa shape index (κ3) is 10.1. The number of anilines is 1. The standard InChI is InChI=1S/C34H45N3O5S/c1-6-27(4)35-34(39)31(24-28-16-9-8-10-17-28)36(25-29-18-13-15-26(3)23-29)33(38)21-14-22-37(43(5,40)41)30-19-11-12-20-32(30)42-7-2/h8-13,15-20,23,27,31H,6-7,14,21-22,24-25H2,1-5H3,(H,35,39). The molecule has 0 aliphatic rings. The molecule has 0 saturated heterocycles. The van der Waals surface area contributed by atoms with E-state index in [0.29, 0.717) is 24.5 Å². The number of rotatable bonds is 16. The SMILES string of the molecule is CCOc1ccccc1N(CCCC(=O)N(Cc1cccc(C)c1)C(Cc1ccccc1)C(=O)NC(C)CC)S(C)(=O)=O. The molecule has 232 valence electrons. The molecule has 3 aromatic carbocycles. The molecule has 8 nitrogen and oxygen atoms in total. The number of carbonyl (C=O) groups excluding carboxylic acids is 2. The van der Waals surface area contributed by atoms with E-state index in [9.17, 15) is 18.0 Å². The van der Waals surface area contributed by atoms with Gasteiger partial charge in [0, 0.05) is 32.0 Å². The van der Waals surface area contributed by atoms with Gasteiger partial charge in [-0.2, -0.15) is 0 Å². The first-order valence-corrected chi connectivity index (χ1v) is 16.8. The smallest absolute Gasteiger partial charge is 0.243 e. The Morgan fingerprint density at radius 1 is 0.930 bits per heavy atom. The van der Waals surface area contributed by atoms with Gasteiger partial charge < -0.3 is 15.0 Å². The number of amides is 2. The summed E-state index contributed by atoms with van der Waals surface area (Å²) in [6.07, 6.45) is 2.60. The normalized spacial score (nSPS) is 12.7. The highest BCUT2D eigenvalue weighted by Gasteiger charge is 2.31. The highest BCUT2D eigenvalue weighted by molar-refractivity contribution is 7.92. The number of sulfonamides is 1. The van der Waals surface area contributed by atoms with Gasteiger partial charge in [-0.25, -0.2) is 8.42 Å². The van der Waals surface area contributed by atoms with Crippen molar-refractivity contribution in [1.82, 2.24) is 10.2 Å². The van der Waals surface area contributed by atoms with E-state index >= 15 is 0 Å². The Balaban J connectivity index is 1.91. The number of aryl methyl sites for hydroxylation is 1. The number of para-hydroxylation sites is 2. The first kappa shape index (κ1) is 33.6. The van der Waals surface area contributed by atoms with Crippen molar-refractivity contribution in [2.24, 2.45) is 0 Å². The largest absolute Gasteiger partial charge is 0.492 e. The van der Waals surface area contributed by atoms with Gasteiger partial charge in [-0.05, 0) is 56.9 Å². The molecule has 0 saturated carbocycles. The molecule has 0 bridgehead atoms. The lowest BCUT2D eigenvalue weighted by Gasteiger charge is -2.33. The van der Waals surface area contributed by atoms with Crippen LogP contribution in [0, 0.1) is 6.92 Å². The Kier molecular flexibility index (Phi) is 12.6. The molecular formula is C34H45N3O5S. The lowest BCUT2D eigenvalue weighted by Crippen LogP contribution is -2.52. The molecule has 0 radical (unpaired) electrons. The van der Waals surface area contributed by atoms with Gasteiger partial charge in [-0.1, -0.05) is 79.2 Å². The second kappa shape index (κ2) is 16.1. The van der Waals surface area contributed by atoms with Gasteiger partial charge in [0.05, 0.1) is 18.6 Å². The van der Waals surface area contributed by atoms with E-state index < -0.39 is 16.1 Å². The number of carbonyl (C=O) groups is 2. The molecule has 0 heterocycles. The summed E-state index contributed by atoms with van der Waals surface area (Å²) in [5, 5.41) is 3.08. The van der Waals surface area contributed by atoms with E-state index in [2.05, 4.69) is 5.32 Å². The maximum atomic E-state index is 14.0. The van der Waals surface area contributed by atoms with Crippen LogP contribution in [0.2, 0.25) is 0 Å². The highest BCUT2D eigenvalue weighted by Crippen LogP contribution is 2.30. The summed E-state index contributed by atoms with van der Waals surface area (Å²) in [4.78, 5) is 29.4. The zero-order valence-corrected chi connectivity index (χ0v) is 26.8. The van der Waals surface area contributed by atoms with Crippen molar-refractivity contribution in [2.45, 2.75) is 72.0 Å². The summed E-state index contributed by atoms with van der Waals surface area (Å²) in [6, 6.07) is 23.8. The highest BCUT2D eigenvalue weighted by atomic mass is 32.2. The fourth-order valence-electron chi connectivity index (χ4n) is 4.93. The van der Waals surface area contributed by atoms with E-state index in [4.69, 9.17) is 4.74 Å². The second-order valence-electron chi connectivity index (χ2n) is 10.9. The molecule has 3 aromatic rings. The van der Waals surface area contributed by atoms with Crippen molar-refractivity contribution in [3.05, 3.63) is 95.6 Å². The first-order chi connectivity index (χ1) is 20.5. The van der Waals surface area contributed by atoms with E-state index in [1.54, 1.807) is 29.2 Å². The van der Waals surface area contributed by atoms with Gasteiger partial charge in [0.1, 0.15) is 11.8 Å². The van der Waals surface area contributed by atoms with Crippen LogP contribution >= 0.6 is 0 Å². The Bertz CT molecular complexity index is 1450. The van der Waals surface area contributed by atoms with E-state index in [1.807, 2.05) is 82.3 Å². The monoisotopic (exact) mass is 607 g/mol. The third-order valence-corrected chi connectivity index (χ3v) is 8.47. The maximum absolute atomic E-state index is 14.0. The van der Waals surface area contributed by atoms with Crippen LogP contribution in [0.5, 0.6) is 5.75 Å². The van der Waals surface area contributed by atoms with Crippen LogP contribution in [0.3, 0.4) is 0 Å². The number of nitrogens with zero attached hydrogens (tertiary/aromatic N) is 2. The maximum Gasteiger partial charge on any atom is 0.243 e. The van der Waals surface area contributed by atoms with E-state index in [1.165, 1.54) is 4.31 Å². The number of nitrogens with one attached hydrogen (secondary N) is 1.